The third-order valence-corrected chi connectivity index (χ3v) is 8.25. The molecule has 4 aromatic rings. The number of rotatable bonds is 10. The normalized spacial score (nSPS) is 13.8. The lowest BCUT2D eigenvalue weighted by Crippen LogP contribution is -2.37. The zero-order valence-electron chi connectivity index (χ0n) is 20.8. The zero-order chi connectivity index (χ0) is 26.3. The molecule has 8 nitrogen and oxygen atoms in total. The molecule has 0 atom stereocenters. The highest BCUT2D eigenvalue weighted by Crippen LogP contribution is 2.39. The molecule has 0 aliphatic carbocycles. The molecule has 3 heterocycles. The molecule has 38 heavy (non-hydrogen) atoms. The minimum atomic E-state index is 0.399. The first-order chi connectivity index (χ1) is 18.6. The lowest BCUT2D eigenvalue weighted by molar-refractivity contribution is 0.0357. The van der Waals surface area contributed by atoms with Crippen molar-refractivity contribution in [2.24, 2.45) is 0 Å². The number of nitrogens with zero attached hydrogens (tertiary/aromatic N) is 4. The van der Waals surface area contributed by atoms with E-state index in [0.717, 1.165) is 53.9 Å². The summed E-state index contributed by atoms with van der Waals surface area (Å²) in [7, 11) is 1.60. The minimum Gasteiger partial charge on any atom is -0.493 e. The summed E-state index contributed by atoms with van der Waals surface area (Å²) in [5, 5.41) is 16.4. The average Bonchev–Trinajstić information content (AvgIpc) is 3.46. The Balaban J connectivity index is 1.36. The summed E-state index contributed by atoms with van der Waals surface area (Å²) in [6.45, 7) is 5.00. The molecule has 1 aliphatic heterocycles. The van der Waals surface area contributed by atoms with E-state index in [1.165, 1.54) is 0 Å². The first-order valence-corrected chi connectivity index (χ1v) is 14.2. The molecule has 2 aromatic carbocycles. The number of nitrogens with one attached hydrogen (secondary N) is 1. The fraction of sp³-hybridized carbons (Fsp3) is 0.296. The van der Waals surface area contributed by atoms with Crippen LogP contribution in [0.5, 0.6) is 11.5 Å². The molecule has 0 spiro atoms. The molecule has 0 saturated carbocycles. The number of halogens is 1. The van der Waals surface area contributed by atoms with Gasteiger partial charge in [0.15, 0.2) is 15.8 Å². The molecule has 0 bridgehead atoms. The Labute approximate surface area is 234 Å². The summed E-state index contributed by atoms with van der Waals surface area (Å²) in [5.41, 5.74) is 2.37. The molecule has 1 N–H and O–H groups in total. The van der Waals surface area contributed by atoms with E-state index >= 15 is 0 Å². The third-order valence-electron chi connectivity index (χ3n) is 6.07. The van der Waals surface area contributed by atoms with Gasteiger partial charge in [0, 0.05) is 53.8 Å². The fourth-order valence-corrected chi connectivity index (χ4v) is 6.07. The topological polar surface area (TPSA) is 92.5 Å². The summed E-state index contributed by atoms with van der Waals surface area (Å²) in [6, 6.07) is 11.7. The van der Waals surface area contributed by atoms with Crippen LogP contribution in [0.1, 0.15) is 12.0 Å². The van der Waals surface area contributed by atoms with Crippen molar-refractivity contribution < 1.29 is 14.2 Å². The van der Waals surface area contributed by atoms with Crippen LogP contribution in [0.25, 0.3) is 10.9 Å². The molecule has 0 radical (unpaired) electrons. The number of pyridine rings is 1. The van der Waals surface area contributed by atoms with E-state index in [9.17, 15) is 5.26 Å². The van der Waals surface area contributed by atoms with Crippen LogP contribution in [-0.4, -0.2) is 61.4 Å². The van der Waals surface area contributed by atoms with Gasteiger partial charge in [-0.1, -0.05) is 23.4 Å². The Kier molecular flexibility index (Phi) is 8.83. The molecule has 0 unspecified atom stereocenters. The molecular formula is C27H26ClN5O3S2. The van der Waals surface area contributed by atoms with Crippen molar-refractivity contribution in [2.75, 3.05) is 51.9 Å². The number of aromatic nitrogens is 2. The molecule has 0 amide bonds. The van der Waals surface area contributed by atoms with Gasteiger partial charge in [-0.15, -0.1) is 11.3 Å². The maximum absolute atomic E-state index is 9.81. The summed E-state index contributed by atoms with van der Waals surface area (Å²) < 4.78 is 18.1. The van der Waals surface area contributed by atoms with E-state index in [2.05, 4.69) is 26.3 Å². The Morgan fingerprint density at radius 2 is 2.08 bits per heavy atom. The second kappa shape index (κ2) is 12.7. The van der Waals surface area contributed by atoms with Crippen molar-refractivity contribution in [3.05, 3.63) is 58.7 Å². The second-order valence-electron chi connectivity index (χ2n) is 8.50. The van der Waals surface area contributed by atoms with Crippen molar-refractivity contribution in [3.8, 4) is 17.6 Å². The van der Waals surface area contributed by atoms with Gasteiger partial charge in [-0.2, -0.15) is 5.26 Å². The fourth-order valence-electron chi connectivity index (χ4n) is 4.14. The highest BCUT2D eigenvalue weighted by Gasteiger charge is 2.16. The summed E-state index contributed by atoms with van der Waals surface area (Å²) in [6.07, 6.45) is 4.22. The van der Waals surface area contributed by atoms with Crippen molar-refractivity contribution >= 4 is 57.0 Å². The number of morpholine rings is 1. The first-order valence-electron chi connectivity index (χ1n) is 12.1. The molecule has 11 heteroatoms. The molecule has 5 rings (SSSR count). The van der Waals surface area contributed by atoms with Crippen molar-refractivity contribution in [3.63, 3.8) is 0 Å². The minimum absolute atomic E-state index is 0.399. The Hall–Kier alpha value is -3.07. The van der Waals surface area contributed by atoms with Crippen LogP contribution in [0.4, 0.5) is 11.4 Å². The van der Waals surface area contributed by atoms with Crippen molar-refractivity contribution in [2.45, 2.75) is 15.7 Å². The highest BCUT2D eigenvalue weighted by molar-refractivity contribution is 8.01. The maximum atomic E-state index is 9.81. The molecule has 1 saturated heterocycles. The summed E-state index contributed by atoms with van der Waals surface area (Å²) >= 11 is 9.76. The molecule has 1 aliphatic rings. The number of thiazole rings is 1. The number of anilines is 2. The molecule has 1 fully saturated rings. The number of benzene rings is 2. The van der Waals surface area contributed by atoms with Gasteiger partial charge in [0.2, 0.25) is 0 Å². The van der Waals surface area contributed by atoms with E-state index in [0.29, 0.717) is 45.6 Å². The van der Waals surface area contributed by atoms with E-state index < -0.39 is 0 Å². The smallest absolute Gasteiger partial charge is 0.163 e. The van der Waals surface area contributed by atoms with Gasteiger partial charge in [-0.25, -0.2) is 4.98 Å². The van der Waals surface area contributed by atoms with Crippen LogP contribution in [0.15, 0.2) is 57.3 Å². The van der Waals surface area contributed by atoms with Crippen LogP contribution in [0.2, 0.25) is 5.02 Å². The van der Waals surface area contributed by atoms with Gasteiger partial charge >= 0.3 is 0 Å². The Morgan fingerprint density at radius 3 is 2.82 bits per heavy atom. The quantitative estimate of drug-likeness (QED) is 0.224. The van der Waals surface area contributed by atoms with Gasteiger partial charge < -0.3 is 19.5 Å². The van der Waals surface area contributed by atoms with Gasteiger partial charge in [-0.05, 0) is 30.7 Å². The zero-order valence-corrected chi connectivity index (χ0v) is 23.2. The standard InChI is InChI=1S/C27H26ClN5O3S2/c1-34-24-14-20-23(15-25(24)36-9-2-6-33-7-10-35-11-8-33)31-17-18(16-29)26(20)32-22-4-3-19(13-21(22)28)38-27-30-5-12-37-27/h3-5,12-15,17H,2,6-11H2,1H3,(H,31,32). The van der Waals surface area contributed by atoms with E-state index in [1.807, 2.05) is 35.7 Å². The molecular weight excluding hydrogens is 542 g/mol. The van der Waals surface area contributed by atoms with Gasteiger partial charge in [0.1, 0.15) is 6.07 Å². The number of ether oxygens (including phenoxy) is 3. The van der Waals surface area contributed by atoms with Gasteiger partial charge in [0.05, 0.1) is 54.4 Å². The summed E-state index contributed by atoms with van der Waals surface area (Å²) in [4.78, 5) is 12.2. The second-order valence-corrected chi connectivity index (χ2v) is 11.1. The predicted molar refractivity (Wildman–Crippen MR) is 151 cm³/mol. The van der Waals surface area contributed by atoms with Crippen molar-refractivity contribution in [1.82, 2.24) is 14.9 Å². The first kappa shape index (κ1) is 26.5. The molecule has 2 aromatic heterocycles. The van der Waals surface area contributed by atoms with Crippen LogP contribution in [0, 0.1) is 11.3 Å². The number of hydrogen-bond donors (Lipinski definition) is 1. The maximum Gasteiger partial charge on any atom is 0.163 e. The van der Waals surface area contributed by atoms with E-state index in [4.69, 9.17) is 25.8 Å². The van der Waals surface area contributed by atoms with Crippen LogP contribution in [0.3, 0.4) is 0 Å². The third kappa shape index (κ3) is 6.31. The summed E-state index contributed by atoms with van der Waals surface area (Å²) in [5.74, 6) is 1.19. The Bertz CT molecular complexity index is 1440. The van der Waals surface area contributed by atoms with Crippen LogP contribution < -0.4 is 14.8 Å². The van der Waals surface area contributed by atoms with Crippen LogP contribution in [-0.2, 0) is 4.74 Å². The monoisotopic (exact) mass is 567 g/mol. The number of nitriles is 1. The molecule has 196 valence electrons. The van der Waals surface area contributed by atoms with Crippen LogP contribution >= 0.6 is 34.7 Å². The average molecular weight is 568 g/mol. The lowest BCUT2D eigenvalue weighted by atomic mass is 10.1. The number of hydrogen-bond acceptors (Lipinski definition) is 10. The van der Waals surface area contributed by atoms with Gasteiger partial charge in [0.25, 0.3) is 0 Å². The van der Waals surface area contributed by atoms with E-state index in [-0.39, 0.29) is 0 Å². The Morgan fingerprint density at radius 1 is 1.21 bits per heavy atom. The number of methoxy groups -OCH3 is 1. The SMILES string of the molecule is COc1cc2c(Nc3ccc(Sc4nccs4)cc3Cl)c(C#N)cnc2cc1OCCCN1CCOCC1. The van der Waals surface area contributed by atoms with Gasteiger partial charge in [-0.3, -0.25) is 9.88 Å². The number of fused-ring (bicyclic) bond motifs is 1. The van der Waals surface area contributed by atoms with Crippen molar-refractivity contribution in [1.29, 1.82) is 5.26 Å². The predicted octanol–water partition coefficient (Wildman–Crippen LogP) is 6.22. The lowest BCUT2D eigenvalue weighted by Gasteiger charge is -2.26. The largest absolute Gasteiger partial charge is 0.493 e. The van der Waals surface area contributed by atoms with E-state index in [1.54, 1.807) is 42.6 Å². The highest BCUT2D eigenvalue weighted by atomic mass is 35.5.